The number of hydrogen-bond acceptors (Lipinski definition) is 4. The maximum Gasteiger partial charge on any atom is 0.260 e. The van der Waals surface area contributed by atoms with Crippen molar-refractivity contribution in [3.8, 4) is 5.75 Å². The minimum Gasteiger partial charge on any atom is -0.497 e. The molecule has 6 nitrogen and oxygen atoms in total. The van der Waals surface area contributed by atoms with Crippen LogP contribution in [0.1, 0.15) is 39.7 Å². The van der Waals surface area contributed by atoms with E-state index in [0.717, 1.165) is 23.3 Å². The number of rotatable bonds is 7. The number of hydrogen-bond donors (Lipinski definition) is 1. The zero-order valence-corrected chi connectivity index (χ0v) is 19.1. The third-order valence-electron chi connectivity index (χ3n) is 5.79. The molecule has 0 aliphatic rings. The van der Waals surface area contributed by atoms with Crippen LogP contribution < -0.4 is 15.6 Å². The van der Waals surface area contributed by atoms with Crippen LogP contribution in [-0.4, -0.2) is 22.6 Å². The molecule has 0 radical (unpaired) electrons. The van der Waals surface area contributed by atoms with Crippen molar-refractivity contribution < 1.29 is 9.53 Å². The van der Waals surface area contributed by atoms with Crippen molar-refractivity contribution in [1.82, 2.24) is 14.9 Å². The molecule has 2 heterocycles. The molecular formula is C27H27N3O3. The van der Waals surface area contributed by atoms with Gasteiger partial charge in [0.2, 0.25) is 0 Å². The molecule has 4 aromatic rings. The van der Waals surface area contributed by atoms with E-state index in [2.05, 4.69) is 29.4 Å². The normalized spacial score (nSPS) is 10.9. The SMILES string of the molecule is CCc1ccc(CNC(=O)c2cc3c(=O)n(Cc4ccc(OC)cc4)ccc3nc2C)cc1. The molecule has 2 aromatic heterocycles. The van der Waals surface area contributed by atoms with Gasteiger partial charge in [0.05, 0.1) is 35.8 Å². The van der Waals surface area contributed by atoms with Gasteiger partial charge in [-0.25, -0.2) is 0 Å². The number of aromatic nitrogens is 2. The van der Waals surface area contributed by atoms with Crippen LogP contribution in [0.15, 0.2) is 71.7 Å². The highest BCUT2D eigenvalue weighted by Crippen LogP contribution is 2.16. The third kappa shape index (κ3) is 4.95. The van der Waals surface area contributed by atoms with Crippen molar-refractivity contribution >= 4 is 16.8 Å². The van der Waals surface area contributed by atoms with Gasteiger partial charge in [-0.3, -0.25) is 14.6 Å². The Morgan fingerprint density at radius 1 is 1.00 bits per heavy atom. The summed E-state index contributed by atoms with van der Waals surface area (Å²) in [5.41, 5.74) is 4.65. The smallest absolute Gasteiger partial charge is 0.260 e. The Balaban J connectivity index is 1.57. The Morgan fingerprint density at radius 3 is 2.33 bits per heavy atom. The number of amides is 1. The van der Waals surface area contributed by atoms with E-state index < -0.39 is 0 Å². The summed E-state index contributed by atoms with van der Waals surface area (Å²) in [6.45, 7) is 4.73. The number of benzene rings is 2. The third-order valence-corrected chi connectivity index (χ3v) is 5.79. The molecule has 0 saturated carbocycles. The number of aryl methyl sites for hydroxylation is 2. The van der Waals surface area contributed by atoms with Gasteiger partial charge in [-0.05, 0) is 54.3 Å². The molecule has 0 bridgehead atoms. The van der Waals surface area contributed by atoms with Gasteiger partial charge in [-0.15, -0.1) is 0 Å². The number of nitrogens with one attached hydrogen (secondary N) is 1. The summed E-state index contributed by atoms with van der Waals surface area (Å²) in [5, 5.41) is 3.37. The average Bonchev–Trinajstić information content (AvgIpc) is 2.85. The number of fused-ring (bicyclic) bond motifs is 1. The van der Waals surface area contributed by atoms with Crippen LogP contribution in [0.3, 0.4) is 0 Å². The van der Waals surface area contributed by atoms with Gasteiger partial charge in [-0.1, -0.05) is 43.3 Å². The van der Waals surface area contributed by atoms with E-state index in [1.54, 1.807) is 30.9 Å². The van der Waals surface area contributed by atoms with Crippen LogP contribution >= 0.6 is 0 Å². The first-order valence-corrected chi connectivity index (χ1v) is 11.0. The van der Waals surface area contributed by atoms with Crippen molar-refractivity contribution in [2.45, 2.75) is 33.4 Å². The van der Waals surface area contributed by atoms with Crippen molar-refractivity contribution in [3.63, 3.8) is 0 Å². The first-order valence-electron chi connectivity index (χ1n) is 11.0. The maximum atomic E-state index is 13.1. The van der Waals surface area contributed by atoms with Crippen molar-refractivity contribution in [3.05, 3.63) is 105 Å². The molecule has 0 aliphatic heterocycles. The van der Waals surface area contributed by atoms with Crippen LogP contribution in [0.4, 0.5) is 0 Å². The fourth-order valence-corrected chi connectivity index (χ4v) is 3.76. The first kappa shape index (κ1) is 22.3. The molecule has 0 unspecified atom stereocenters. The molecule has 2 aromatic carbocycles. The Kier molecular flexibility index (Phi) is 6.54. The predicted molar refractivity (Wildman–Crippen MR) is 130 cm³/mol. The summed E-state index contributed by atoms with van der Waals surface area (Å²) in [4.78, 5) is 30.5. The number of nitrogens with zero attached hydrogens (tertiary/aromatic N) is 2. The Morgan fingerprint density at radius 2 is 1.67 bits per heavy atom. The fraction of sp³-hybridized carbons (Fsp3) is 0.222. The number of pyridine rings is 2. The molecule has 1 amide bonds. The molecule has 4 rings (SSSR count). The first-order chi connectivity index (χ1) is 16.0. The number of carbonyl (C=O) groups is 1. The van der Waals surface area contributed by atoms with Crippen molar-refractivity contribution in [1.29, 1.82) is 0 Å². The maximum absolute atomic E-state index is 13.1. The van der Waals surface area contributed by atoms with Gasteiger partial charge in [0.25, 0.3) is 11.5 Å². The Labute approximate surface area is 192 Å². The lowest BCUT2D eigenvalue weighted by Gasteiger charge is -2.11. The number of carbonyl (C=O) groups excluding carboxylic acids is 1. The van der Waals surface area contributed by atoms with E-state index in [9.17, 15) is 9.59 Å². The summed E-state index contributed by atoms with van der Waals surface area (Å²) in [7, 11) is 1.62. The number of ether oxygens (including phenoxy) is 1. The van der Waals surface area contributed by atoms with Gasteiger partial charge in [0.15, 0.2) is 0 Å². The summed E-state index contributed by atoms with van der Waals surface area (Å²) in [5.74, 6) is 0.521. The lowest BCUT2D eigenvalue weighted by molar-refractivity contribution is 0.0950. The van der Waals surface area contributed by atoms with Gasteiger partial charge >= 0.3 is 0 Å². The van der Waals surface area contributed by atoms with Gasteiger partial charge in [0, 0.05) is 12.7 Å². The largest absolute Gasteiger partial charge is 0.497 e. The summed E-state index contributed by atoms with van der Waals surface area (Å²) < 4.78 is 6.81. The highest BCUT2D eigenvalue weighted by atomic mass is 16.5. The van der Waals surface area contributed by atoms with Crippen LogP contribution in [0.2, 0.25) is 0 Å². The Hall–Kier alpha value is -3.93. The molecule has 0 atom stereocenters. The molecule has 0 saturated heterocycles. The second-order valence-corrected chi connectivity index (χ2v) is 8.00. The molecule has 0 fully saturated rings. The fourth-order valence-electron chi connectivity index (χ4n) is 3.76. The minimum absolute atomic E-state index is 0.181. The van der Waals surface area contributed by atoms with Crippen LogP contribution in [0.25, 0.3) is 10.9 Å². The second-order valence-electron chi connectivity index (χ2n) is 8.00. The van der Waals surface area contributed by atoms with Crippen LogP contribution in [0, 0.1) is 6.92 Å². The van der Waals surface area contributed by atoms with E-state index >= 15 is 0 Å². The molecule has 1 N–H and O–H groups in total. The van der Waals surface area contributed by atoms with E-state index in [1.807, 2.05) is 42.5 Å². The van der Waals surface area contributed by atoms with Gasteiger partial charge < -0.3 is 14.6 Å². The van der Waals surface area contributed by atoms with Crippen LogP contribution in [0.5, 0.6) is 5.75 Å². The monoisotopic (exact) mass is 441 g/mol. The molecule has 0 spiro atoms. The molecule has 0 aliphatic carbocycles. The predicted octanol–water partition coefficient (Wildman–Crippen LogP) is 4.25. The highest BCUT2D eigenvalue weighted by molar-refractivity contribution is 5.98. The zero-order valence-electron chi connectivity index (χ0n) is 19.1. The second kappa shape index (κ2) is 9.69. The zero-order chi connectivity index (χ0) is 23.4. The van der Waals surface area contributed by atoms with E-state index in [4.69, 9.17) is 4.74 Å². The molecule has 6 heteroatoms. The standard InChI is InChI=1S/C27H27N3O3/c1-4-19-5-7-20(8-6-19)16-28-26(31)23-15-24-25(29-18(23)2)13-14-30(27(24)32)17-21-9-11-22(33-3)12-10-21/h5-15H,4,16-17H2,1-3H3,(H,28,31). The topological polar surface area (TPSA) is 73.2 Å². The summed E-state index contributed by atoms with van der Waals surface area (Å²) in [6, 6.07) is 19.2. The summed E-state index contributed by atoms with van der Waals surface area (Å²) >= 11 is 0. The Bertz CT molecular complexity index is 1340. The quantitative estimate of drug-likeness (QED) is 0.465. The molecule has 33 heavy (non-hydrogen) atoms. The van der Waals surface area contributed by atoms with Gasteiger partial charge in [-0.2, -0.15) is 0 Å². The highest BCUT2D eigenvalue weighted by Gasteiger charge is 2.14. The van der Waals surface area contributed by atoms with E-state index in [-0.39, 0.29) is 11.5 Å². The molecule has 168 valence electrons. The van der Waals surface area contributed by atoms with Gasteiger partial charge in [0.1, 0.15) is 5.75 Å². The molecular weight excluding hydrogens is 414 g/mol. The van der Waals surface area contributed by atoms with E-state index in [1.165, 1.54) is 5.56 Å². The average molecular weight is 442 g/mol. The van der Waals surface area contributed by atoms with E-state index in [0.29, 0.717) is 35.2 Å². The minimum atomic E-state index is -0.244. The van der Waals surface area contributed by atoms with Crippen LogP contribution in [-0.2, 0) is 19.5 Å². The van der Waals surface area contributed by atoms with Crippen molar-refractivity contribution in [2.24, 2.45) is 0 Å². The number of methoxy groups -OCH3 is 1. The summed E-state index contributed by atoms with van der Waals surface area (Å²) in [6.07, 6.45) is 2.71. The lowest BCUT2D eigenvalue weighted by Crippen LogP contribution is -2.25. The lowest BCUT2D eigenvalue weighted by atomic mass is 10.1. The van der Waals surface area contributed by atoms with Crippen molar-refractivity contribution in [2.75, 3.05) is 7.11 Å².